The maximum atomic E-state index is 12.6. The van der Waals surface area contributed by atoms with Gasteiger partial charge in [-0.3, -0.25) is 4.79 Å². The van der Waals surface area contributed by atoms with Gasteiger partial charge >= 0.3 is 0 Å². The van der Waals surface area contributed by atoms with Crippen LogP contribution in [-0.4, -0.2) is 61.7 Å². The SMILES string of the molecule is CCC(C)(C)NCc1cccc(-c2cc(CC(N)=O)c3[nH]cc(C4CCN(S(=O)(=O)CCOC)CC4)c3c2)c1. The van der Waals surface area contributed by atoms with Crippen LogP contribution in [0.2, 0.25) is 0 Å². The number of aromatic amines is 1. The molecule has 1 saturated heterocycles. The molecule has 212 valence electrons. The minimum absolute atomic E-state index is 0.00557. The second kappa shape index (κ2) is 12.2. The van der Waals surface area contributed by atoms with Crippen molar-refractivity contribution >= 4 is 26.8 Å². The first-order valence-electron chi connectivity index (χ1n) is 13.8. The molecule has 0 bridgehead atoms. The number of nitrogens with two attached hydrogens (primary N) is 1. The Balaban J connectivity index is 1.64. The van der Waals surface area contributed by atoms with Crippen LogP contribution in [0.15, 0.2) is 42.6 Å². The minimum Gasteiger partial charge on any atom is -0.384 e. The van der Waals surface area contributed by atoms with Gasteiger partial charge in [0.25, 0.3) is 0 Å². The Morgan fingerprint density at radius 2 is 1.92 bits per heavy atom. The van der Waals surface area contributed by atoms with Crippen LogP contribution in [0.4, 0.5) is 0 Å². The number of aromatic nitrogens is 1. The van der Waals surface area contributed by atoms with Crippen LogP contribution < -0.4 is 11.1 Å². The van der Waals surface area contributed by atoms with Crippen LogP contribution >= 0.6 is 0 Å². The van der Waals surface area contributed by atoms with Gasteiger partial charge in [-0.15, -0.1) is 0 Å². The number of hydrogen-bond donors (Lipinski definition) is 3. The number of piperidine rings is 1. The lowest BCUT2D eigenvalue weighted by atomic mass is 9.88. The van der Waals surface area contributed by atoms with Crippen LogP contribution in [0.25, 0.3) is 22.0 Å². The normalized spacial score (nSPS) is 15.7. The Labute approximate surface area is 232 Å². The predicted molar refractivity (Wildman–Crippen MR) is 157 cm³/mol. The summed E-state index contributed by atoms with van der Waals surface area (Å²) < 4.78 is 31.8. The molecule has 0 saturated carbocycles. The van der Waals surface area contributed by atoms with Crippen molar-refractivity contribution in [3.05, 3.63) is 59.3 Å². The number of H-pyrrole nitrogens is 1. The zero-order chi connectivity index (χ0) is 28.2. The molecule has 0 atom stereocenters. The molecule has 4 rings (SSSR count). The molecule has 1 aliphatic rings. The topological polar surface area (TPSA) is 118 Å². The molecule has 2 heterocycles. The number of nitrogens with zero attached hydrogens (tertiary/aromatic N) is 1. The molecule has 0 spiro atoms. The van der Waals surface area contributed by atoms with Gasteiger partial charge in [0, 0.05) is 49.4 Å². The molecule has 0 radical (unpaired) electrons. The second-order valence-electron chi connectivity index (χ2n) is 11.2. The van der Waals surface area contributed by atoms with Gasteiger partial charge in [-0.2, -0.15) is 0 Å². The van der Waals surface area contributed by atoms with E-state index in [-0.39, 0.29) is 36.1 Å². The number of nitrogens with one attached hydrogen (secondary N) is 2. The van der Waals surface area contributed by atoms with Crippen molar-refractivity contribution < 1.29 is 17.9 Å². The van der Waals surface area contributed by atoms with Crippen LogP contribution in [-0.2, 0) is 32.5 Å². The van der Waals surface area contributed by atoms with E-state index in [2.05, 4.69) is 67.5 Å². The largest absolute Gasteiger partial charge is 0.384 e. The molecule has 3 aromatic rings. The van der Waals surface area contributed by atoms with Crippen LogP contribution in [0, 0.1) is 0 Å². The number of methoxy groups -OCH3 is 1. The van der Waals surface area contributed by atoms with Crippen molar-refractivity contribution in [3.8, 4) is 11.1 Å². The number of primary amides is 1. The molecule has 1 aliphatic heterocycles. The lowest BCUT2D eigenvalue weighted by Crippen LogP contribution is -2.39. The van der Waals surface area contributed by atoms with Gasteiger partial charge in [0.2, 0.25) is 15.9 Å². The number of amides is 1. The molecule has 0 aliphatic carbocycles. The van der Waals surface area contributed by atoms with Gasteiger partial charge in [0.05, 0.1) is 18.8 Å². The Morgan fingerprint density at radius 3 is 2.59 bits per heavy atom. The molecule has 0 unspecified atom stereocenters. The van der Waals surface area contributed by atoms with E-state index in [0.29, 0.717) is 13.1 Å². The lowest BCUT2D eigenvalue weighted by Gasteiger charge is -2.31. The molecule has 2 aromatic carbocycles. The van der Waals surface area contributed by atoms with Gasteiger partial charge in [-0.1, -0.05) is 25.1 Å². The summed E-state index contributed by atoms with van der Waals surface area (Å²) in [5.41, 5.74) is 12.0. The fourth-order valence-electron chi connectivity index (χ4n) is 5.25. The van der Waals surface area contributed by atoms with E-state index in [1.165, 1.54) is 12.7 Å². The maximum Gasteiger partial charge on any atom is 0.221 e. The highest BCUT2D eigenvalue weighted by atomic mass is 32.2. The Morgan fingerprint density at radius 1 is 1.18 bits per heavy atom. The highest BCUT2D eigenvalue weighted by molar-refractivity contribution is 7.89. The third-order valence-electron chi connectivity index (χ3n) is 8.02. The smallest absolute Gasteiger partial charge is 0.221 e. The van der Waals surface area contributed by atoms with Crippen molar-refractivity contribution in [3.63, 3.8) is 0 Å². The number of ether oxygens (including phenoxy) is 1. The minimum atomic E-state index is -3.32. The molecular formula is C30H42N4O4S. The summed E-state index contributed by atoms with van der Waals surface area (Å²) in [6, 6.07) is 12.7. The van der Waals surface area contributed by atoms with Crippen molar-refractivity contribution in [2.75, 3.05) is 32.6 Å². The van der Waals surface area contributed by atoms with Crippen LogP contribution in [0.1, 0.15) is 62.6 Å². The van der Waals surface area contributed by atoms with Crippen LogP contribution in [0.5, 0.6) is 0 Å². The van der Waals surface area contributed by atoms with Gasteiger partial charge in [0.1, 0.15) is 0 Å². The molecule has 1 amide bonds. The number of sulfonamides is 1. The number of benzene rings is 2. The number of fused-ring (bicyclic) bond motifs is 1. The van der Waals surface area contributed by atoms with Crippen molar-refractivity contribution in [1.29, 1.82) is 0 Å². The molecule has 8 nitrogen and oxygen atoms in total. The predicted octanol–water partition coefficient (Wildman–Crippen LogP) is 4.30. The maximum absolute atomic E-state index is 12.6. The Kier molecular flexibility index (Phi) is 9.16. The van der Waals surface area contributed by atoms with E-state index in [9.17, 15) is 13.2 Å². The van der Waals surface area contributed by atoms with E-state index < -0.39 is 10.0 Å². The Hall–Kier alpha value is -2.72. The quantitative estimate of drug-likeness (QED) is 0.309. The zero-order valence-corrected chi connectivity index (χ0v) is 24.4. The van der Waals surface area contributed by atoms with Crippen molar-refractivity contribution in [2.24, 2.45) is 5.73 Å². The number of hydrogen-bond acceptors (Lipinski definition) is 5. The van der Waals surface area contributed by atoms with E-state index in [0.717, 1.165) is 59.0 Å². The van der Waals surface area contributed by atoms with E-state index >= 15 is 0 Å². The summed E-state index contributed by atoms with van der Waals surface area (Å²) in [5, 5.41) is 4.69. The van der Waals surface area contributed by atoms with Crippen molar-refractivity contribution in [1.82, 2.24) is 14.6 Å². The summed E-state index contributed by atoms with van der Waals surface area (Å²) in [4.78, 5) is 15.4. The highest BCUT2D eigenvalue weighted by Crippen LogP contribution is 2.37. The van der Waals surface area contributed by atoms with Crippen molar-refractivity contribution in [2.45, 2.75) is 64.5 Å². The first-order valence-corrected chi connectivity index (χ1v) is 15.4. The standard InChI is InChI=1S/C30H42N4O4S/c1-5-30(2,3)33-19-21-7-6-8-23(15-21)24-16-25(18-28(31)35)29-26(17-24)27(20-32-29)22-9-11-34(12-10-22)39(36,37)14-13-38-4/h6-8,15-17,20,22,32-33H,5,9-14,18-19H2,1-4H3,(H2,31,35). The van der Waals surface area contributed by atoms with Gasteiger partial charge in [-0.25, -0.2) is 12.7 Å². The fraction of sp³-hybridized carbons (Fsp3) is 0.500. The summed E-state index contributed by atoms with van der Waals surface area (Å²) >= 11 is 0. The zero-order valence-electron chi connectivity index (χ0n) is 23.5. The summed E-state index contributed by atoms with van der Waals surface area (Å²) in [5.74, 6) is -0.152. The first-order chi connectivity index (χ1) is 18.5. The molecular weight excluding hydrogens is 512 g/mol. The number of carbonyl (C=O) groups is 1. The molecule has 39 heavy (non-hydrogen) atoms. The van der Waals surface area contributed by atoms with Gasteiger partial charge in [-0.05, 0) is 85.0 Å². The molecule has 9 heteroatoms. The first kappa shape index (κ1) is 29.3. The lowest BCUT2D eigenvalue weighted by molar-refractivity contribution is -0.117. The van der Waals surface area contributed by atoms with E-state index in [4.69, 9.17) is 10.5 Å². The van der Waals surface area contributed by atoms with Crippen LogP contribution in [0.3, 0.4) is 0 Å². The summed E-state index contributed by atoms with van der Waals surface area (Å²) in [7, 11) is -1.81. The Bertz CT molecular complexity index is 1410. The highest BCUT2D eigenvalue weighted by Gasteiger charge is 2.30. The van der Waals surface area contributed by atoms with Gasteiger partial charge < -0.3 is 20.8 Å². The average Bonchev–Trinajstić information content (AvgIpc) is 3.35. The summed E-state index contributed by atoms with van der Waals surface area (Å²) in [6.45, 7) is 8.52. The third-order valence-corrected chi connectivity index (χ3v) is 9.85. The second-order valence-corrected chi connectivity index (χ2v) is 13.3. The average molecular weight is 555 g/mol. The van der Waals surface area contributed by atoms with E-state index in [1.54, 1.807) is 4.31 Å². The fourth-order valence-corrected chi connectivity index (χ4v) is 6.65. The molecule has 1 fully saturated rings. The third kappa shape index (κ3) is 7.08. The molecule has 4 N–H and O–H groups in total. The monoisotopic (exact) mass is 554 g/mol. The number of carbonyl (C=O) groups excluding carboxylic acids is 1. The summed E-state index contributed by atoms with van der Waals surface area (Å²) in [6.07, 6.45) is 4.68. The van der Waals surface area contributed by atoms with E-state index in [1.807, 2.05) is 6.20 Å². The molecule has 1 aromatic heterocycles. The number of rotatable bonds is 12. The van der Waals surface area contributed by atoms with Gasteiger partial charge in [0.15, 0.2) is 0 Å².